The van der Waals surface area contributed by atoms with Gasteiger partial charge in [-0.2, -0.15) is 0 Å². The second-order valence-corrected chi connectivity index (χ2v) is 4.14. The van der Waals surface area contributed by atoms with Crippen molar-refractivity contribution in [1.82, 2.24) is 14.9 Å². The lowest BCUT2D eigenvalue weighted by molar-refractivity contribution is 0.434. The van der Waals surface area contributed by atoms with E-state index in [2.05, 4.69) is 10.3 Å². The van der Waals surface area contributed by atoms with Crippen molar-refractivity contribution in [2.24, 2.45) is 0 Å². The van der Waals surface area contributed by atoms with Crippen LogP contribution in [0.5, 0.6) is 0 Å². The zero-order valence-electron chi connectivity index (χ0n) is 9.03. The van der Waals surface area contributed by atoms with Gasteiger partial charge in [0.1, 0.15) is 11.6 Å². The molecule has 1 aliphatic rings. The number of nitrogens with one attached hydrogen (secondary N) is 1. The van der Waals surface area contributed by atoms with Gasteiger partial charge in [-0.05, 0) is 12.1 Å². The SMILES string of the molecule is Fc1ccc(F)c(-n2cncc2C2CNC2)c1. The molecule has 0 spiro atoms. The topological polar surface area (TPSA) is 29.9 Å². The third-order valence-corrected chi connectivity index (χ3v) is 3.03. The van der Waals surface area contributed by atoms with Crippen molar-refractivity contribution in [3.63, 3.8) is 0 Å². The Hall–Kier alpha value is -1.75. The molecule has 88 valence electrons. The van der Waals surface area contributed by atoms with Gasteiger partial charge >= 0.3 is 0 Å². The standard InChI is InChI=1S/C12H11F2N3/c13-9-1-2-10(14)11(3-9)17-7-16-6-12(17)8-4-15-5-8/h1-3,6-8,15H,4-5H2. The van der Waals surface area contributed by atoms with Crippen molar-refractivity contribution in [3.8, 4) is 5.69 Å². The Kier molecular flexibility index (Phi) is 2.40. The van der Waals surface area contributed by atoms with Gasteiger partial charge in [0, 0.05) is 37.0 Å². The van der Waals surface area contributed by atoms with E-state index in [4.69, 9.17) is 0 Å². The van der Waals surface area contributed by atoms with E-state index in [0.717, 1.165) is 30.9 Å². The fraction of sp³-hybridized carbons (Fsp3) is 0.250. The molecule has 0 bridgehead atoms. The van der Waals surface area contributed by atoms with Crippen LogP contribution in [0.4, 0.5) is 8.78 Å². The molecule has 5 heteroatoms. The van der Waals surface area contributed by atoms with Gasteiger partial charge in [-0.3, -0.25) is 4.57 Å². The van der Waals surface area contributed by atoms with Crippen LogP contribution in [-0.2, 0) is 0 Å². The zero-order valence-corrected chi connectivity index (χ0v) is 9.03. The first-order valence-corrected chi connectivity index (χ1v) is 5.44. The summed E-state index contributed by atoms with van der Waals surface area (Å²) in [5.41, 5.74) is 1.12. The molecule has 3 rings (SSSR count). The van der Waals surface area contributed by atoms with Crippen molar-refractivity contribution in [2.45, 2.75) is 5.92 Å². The summed E-state index contributed by atoms with van der Waals surface area (Å²) in [6.07, 6.45) is 3.22. The van der Waals surface area contributed by atoms with Gasteiger partial charge in [-0.1, -0.05) is 0 Å². The molecule has 0 saturated carbocycles. The maximum absolute atomic E-state index is 13.7. The third-order valence-electron chi connectivity index (χ3n) is 3.03. The molecule has 0 unspecified atom stereocenters. The minimum absolute atomic E-state index is 0.212. The van der Waals surface area contributed by atoms with E-state index in [0.29, 0.717) is 5.92 Å². The first-order valence-electron chi connectivity index (χ1n) is 5.44. The van der Waals surface area contributed by atoms with Gasteiger partial charge in [0.15, 0.2) is 0 Å². The van der Waals surface area contributed by atoms with Gasteiger partial charge in [-0.25, -0.2) is 13.8 Å². The number of hydrogen-bond acceptors (Lipinski definition) is 2. The van der Waals surface area contributed by atoms with Gasteiger partial charge < -0.3 is 5.32 Å². The molecule has 0 radical (unpaired) electrons. The highest BCUT2D eigenvalue weighted by atomic mass is 19.1. The molecule has 0 aliphatic carbocycles. The second kappa shape index (κ2) is 3.92. The molecule has 0 amide bonds. The quantitative estimate of drug-likeness (QED) is 0.860. The molecule has 1 saturated heterocycles. The average Bonchev–Trinajstić information content (AvgIpc) is 2.68. The Bertz CT molecular complexity index is 546. The molecule has 17 heavy (non-hydrogen) atoms. The van der Waals surface area contributed by atoms with Gasteiger partial charge in [-0.15, -0.1) is 0 Å². The van der Waals surface area contributed by atoms with Crippen LogP contribution in [-0.4, -0.2) is 22.6 Å². The Morgan fingerprint density at radius 2 is 2.12 bits per heavy atom. The van der Waals surface area contributed by atoms with Crippen molar-refractivity contribution < 1.29 is 8.78 Å². The molecule has 2 aromatic rings. The Morgan fingerprint density at radius 1 is 1.29 bits per heavy atom. The van der Waals surface area contributed by atoms with E-state index in [1.807, 2.05) is 0 Å². The van der Waals surface area contributed by atoms with Crippen LogP contribution in [0.25, 0.3) is 5.69 Å². The first-order chi connectivity index (χ1) is 8.25. The van der Waals surface area contributed by atoms with Crippen LogP contribution >= 0.6 is 0 Å². The third kappa shape index (κ3) is 1.72. The number of aromatic nitrogens is 2. The molecule has 1 aromatic heterocycles. The van der Waals surface area contributed by atoms with Crippen LogP contribution in [0.2, 0.25) is 0 Å². The number of benzene rings is 1. The molecule has 1 N–H and O–H groups in total. The average molecular weight is 235 g/mol. The predicted molar refractivity (Wildman–Crippen MR) is 59.1 cm³/mol. The van der Waals surface area contributed by atoms with Crippen LogP contribution in [0.1, 0.15) is 11.6 Å². The molecular formula is C12H11F2N3. The maximum atomic E-state index is 13.7. The van der Waals surface area contributed by atoms with E-state index >= 15 is 0 Å². The fourth-order valence-corrected chi connectivity index (χ4v) is 1.98. The summed E-state index contributed by atoms with van der Waals surface area (Å²) in [5.74, 6) is -0.578. The van der Waals surface area contributed by atoms with Crippen molar-refractivity contribution >= 4 is 0 Å². The summed E-state index contributed by atoms with van der Waals surface area (Å²) in [6.45, 7) is 1.70. The lowest BCUT2D eigenvalue weighted by Crippen LogP contribution is -2.40. The van der Waals surface area contributed by atoms with Gasteiger partial charge in [0.2, 0.25) is 0 Å². The minimum Gasteiger partial charge on any atom is -0.315 e. The molecule has 2 heterocycles. The normalized spacial score (nSPS) is 15.9. The van der Waals surface area contributed by atoms with E-state index in [1.165, 1.54) is 12.4 Å². The van der Waals surface area contributed by atoms with Gasteiger partial charge in [0.25, 0.3) is 0 Å². The smallest absolute Gasteiger partial charge is 0.147 e. The summed E-state index contributed by atoms with van der Waals surface area (Å²) in [7, 11) is 0. The summed E-state index contributed by atoms with van der Waals surface area (Å²) in [6, 6.07) is 3.43. The van der Waals surface area contributed by atoms with Crippen LogP contribution in [0, 0.1) is 11.6 Å². The highest BCUT2D eigenvalue weighted by Gasteiger charge is 2.23. The Balaban J connectivity index is 2.08. The number of nitrogens with zero attached hydrogens (tertiary/aromatic N) is 2. The summed E-state index contributed by atoms with van der Waals surface area (Å²) < 4.78 is 28.4. The lowest BCUT2D eigenvalue weighted by Gasteiger charge is -2.27. The highest BCUT2D eigenvalue weighted by Crippen LogP contribution is 2.24. The highest BCUT2D eigenvalue weighted by molar-refractivity contribution is 5.37. The van der Waals surface area contributed by atoms with Crippen molar-refractivity contribution in [3.05, 3.63) is 48.1 Å². The summed E-state index contributed by atoms with van der Waals surface area (Å²) in [5, 5.41) is 3.15. The van der Waals surface area contributed by atoms with Crippen LogP contribution < -0.4 is 5.32 Å². The largest absolute Gasteiger partial charge is 0.315 e. The Labute approximate surface area is 97.1 Å². The van der Waals surface area contributed by atoms with Crippen molar-refractivity contribution in [1.29, 1.82) is 0 Å². The van der Waals surface area contributed by atoms with Crippen LogP contribution in [0.15, 0.2) is 30.7 Å². The van der Waals surface area contributed by atoms with Crippen molar-refractivity contribution in [2.75, 3.05) is 13.1 Å². The predicted octanol–water partition coefficient (Wildman–Crippen LogP) is 1.84. The lowest BCUT2D eigenvalue weighted by atomic mass is 10.00. The van der Waals surface area contributed by atoms with E-state index in [1.54, 1.807) is 10.8 Å². The minimum atomic E-state index is -0.451. The number of hydrogen-bond donors (Lipinski definition) is 1. The summed E-state index contributed by atoms with van der Waals surface area (Å²) in [4.78, 5) is 4.02. The monoisotopic (exact) mass is 235 g/mol. The molecular weight excluding hydrogens is 224 g/mol. The number of halogens is 2. The second-order valence-electron chi connectivity index (χ2n) is 4.14. The number of rotatable bonds is 2. The molecule has 1 aliphatic heterocycles. The van der Waals surface area contributed by atoms with E-state index in [9.17, 15) is 8.78 Å². The molecule has 1 fully saturated rings. The van der Waals surface area contributed by atoms with Crippen LogP contribution in [0.3, 0.4) is 0 Å². The number of imidazole rings is 1. The first kappa shape index (κ1) is 10.4. The summed E-state index contributed by atoms with van der Waals surface area (Å²) >= 11 is 0. The Morgan fingerprint density at radius 3 is 2.82 bits per heavy atom. The molecule has 3 nitrogen and oxygen atoms in total. The molecule has 1 aromatic carbocycles. The molecule has 0 atom stereocenters. The zero-order chi connectivity index (χ0) is 11.8. The van der Waals surface area contributed by atoms with E-state index in [-0.39, 0.29) is 5.69 Å². The van der Waals surface area contributed by atoms with E-state index < -0.39 is 11.6 Å². The fourth-order valence-electron chi connectivity index (χ4n) is 1.98. The van der Waals surface area contributed by atoms with Gasteiger partial charge in [0.05, 0.1) is 12.0 Å². The maximum Gasteiger partial charge on any atom is 0.147 e.